The van der Waals surface area contributed by atoms with Crippen LogP contribution in [0.25, 0.3) is 10.9 Å². The summed E-state index contributed by atoms with van der Waals surface area (Å²) in [4.78, 5) is 54.8. The van der Waals surface area contributed by atoms with Crippen molar-refractivity contribution >= 4 is 23.1 Å². The standard InChI is InChI=1S/C19H27N3O6.C4H7NO4/c1-14(2)21(19(23)8-5-11-28-22(24)25)12-15(26-3)13-27-18-7-4-6-17-16(18)9-10-20-17;6-3-1-2-4-9-5(7)8/h4,6-7,9-10,14-15,20H,5,8,11-13H2,1-3H3;3H,1-2,4H2. The number of hydrogen-bond acceptors (Lipinski definition) is 10. The molecule has 1 heterocycles. The molecule has 0 aliphatic rings. The fourth-order valence-electron chi connectivity index (χ4n) is 3.19. The smallest absolute Gasteiger partial charge is 0.294 e. The molecule has 14 nitrogen and oxygen atoms in total. The van der Waals surface area contributed by atoms with Gasteiger partial charge in [0.1, 0.15) is 24.7 Å². The summed E-state index contributed by atoms with van der Waals surface area (Å²) in [6, 6.07) is 7.69. The molecule has 2 aromatic rings. The average Bonchev–Trinajstić information content (AvgIpc) is 3.34. The van der Waals surface area contributed by atoms with Crippen LogP contribution >= 0.6 is 0 Å². The van der Waals surface area contributed by atoms with Gasteiger partial charge in [-0.05, 0) is 44.9 Å². The van der Waals surface area contributed by atoms with Crippen LogP contribution in [0.2, 0.25) is 0 Å². The van der Waals surface area contributed by atoms with Crippen molar-refractivity contribution in [2.45, 2.75) is 51.7 Å². The van der Waals surface area contributed by atoms with E-state index in [1.807, 2.05) is 44.3 Å². The highest BCUT2D eigenvalue weighted by Gasteiger charge is 2.22. The summed E-state index contributed by atoms with van der Waals surface area (Å²) < 4.78 is 11.5. The predicted octanol–water partition coefficient (Wildman–Crippen LogP) is 2.96. The van der Waals surface area contributed by atoms with Gasteiger partial charge in [-0.3, -0.25) is 4.79 Å². The van der Waals surface area contributed by atoms with E-state index in [0.717, 1.165) is 16.7 Å². The SMILES string of the molecule is COC(COc1cccc2[nH]ccc12)CN(C(=O)CCCO[N+](=O)[O-])C(C)C.O=CCCCO[N+](=O)[O-]. The molecule has 0 bridgehead atoms. The summed E-state index contributed by atoms with van der Waals surface area (Å²) in [6.45, 7) is 4.40. The first-order valence-corrected chi connectivity index (χ1v) is 11.7. The molecule has 1 N–H and O–H groups in total. The molecular weight excluding hydrogens is 492 g/mol. The summed E-state index contributed by atoms with van der Waals surface area (Å²) in [6.07, 6.45) is 3.42. The van der Waals surface area contributed by atoms with Gasteiger partial charge in [-0.2, -0.15) is 0 Å². The first-order chi connectivity index (χ1) is 17.7. The second-order valence-corrected chi connectivity index (χ2v) is 8.03. The van der Waals surface area contributed by atoms with Crippen molar-refractivity contribution in [1.82, 2.24) is 9.88 Å². The third kappa shape index (κ3) is 12.5. The Labute approximate surface area is 214 Å². The predicted molar refractivity (Wildman–Crippen MR) is 132 cm³/mol. The van der Waals surface area contributed by atoms with Crippen LogP contribution in [-0.2, 0) is 24.0 Å². The van der Waals surface area contributed by atoms with Crippen LogP contribution < -0.4 is 4.74 Å². The van der Waals surface area contributed by atoms with Gasteiger partial charge in [0.25, 0.3) is 10.2 Å². The van der Waals surface area contributed by atoms with Crippen LogP contribution in [0, 0.1) is 20.2 Å². The molecule has 1 atom stereocenters. The number of aromatic amines is 1. The Bertz CT molecular complexity index is 981. The van der Waals surface area contributed by atoms with E-state index >= 15 is 0 Å². The topological polar surface area (TPSA) is 176 Å². The number of nitrogens with zero attached hydrogens (tertiary/aromatic N) is 3. The molecule has 1 aromatic carbocycles. The van der Waals surface area contributed by atoms with Gasteiger partial charge in [-0.25, -0.2) is 0 Å². The third-order valence-corrected chi connectivity index (χ3v) is 5.05. The van der Waals surface area contributed by atoms with E-state index in [4.69, 9.17) is 9.47 Å². The number of carbonyl (C=O) groups excluding carboxylic acids is 2. The number of aldehydes is 1. The lowest BCUT2D eigenvalue weighted by Crippen LogP contribution is -2.44. The molecule has 1 aromatic heterocycles. The van der Waals surface area contributed by atoms with Crippen LogP contribution in [-0.4, -0.2) is 77.9 Å². The van der Waals surface area contributed by atoms with Crippen LogP contribution in [0.4, 0.5) is 0 Å². The van der Waals surface area contributed by atoms with E-state index < -0.39 is 10.2 Å². The molecule has 0 spiro atoms. The van der Waals surface area contributed by atoms with Crippen molar-refractivity contribution < 1.29 is 38.9 Å². The van der Waals surface area contributed by atoms with Crippen LogP contribution in [0.1, 0.15) is 39.5 Å². The highest BCUT2D eigenvalue weighted by atomic mass is 17.0. The van der Waals surface area contributed by atoms with Crippen molar-refractivity contribution in [2.75, 3.05) is 33.5 Å². The Hall–Kier alpha value is -3.94. The van der Waals surface area contributed by atoms with Crippen LogP contribution in [0.5, 0.6) is 5.75 Å². The Morgan fingerprint density at radius 1 is 1.11 bits per heavy atom. The molecule has 0 aliphatic heterocycles. The maximum absolute atomic E-state index is 12.5. The number of benzene rings is 1. The number of amides is 1. The van der Waals surface area contributed by atoms with Gasteiger partial charge in [0, 0.05) is 43.1 Å². The number of nitrogens with one attached hydrogen (secondary N) is 1. The molecule has 206 valence electrons. The molecule has 0 fully saturated rings. The summed E-state index contributed by atoms with van der Waals surface area (Å²) in [5.41, 5.74) is 0.988. The number of fused-ring (bicyclic) bond motifs is 1. The van der Waals surface area contributed by atoms with Gasteiger partial charge in [-0.1, -0.05) is 6.07 Å². The Balaban J connectivity index is 0.000000649. The molecule has 1 amide bonds. The first kappa shape index (κ1) is 31.1. The van der Waals surface area contributed by atoms with Crippen LogP contribution in [0.15, 0.2) is 30.5 Å². The van der Waals surface area contributed by atoms with E-state index in [1.54, 1.807) is 12.0 Å². The van der Waals surface area contributed by atoms with Crippen molar-refractivity contribution in [1.29, 1.82) is 0 Å². The summed E-state index contributed by atoms with van der Waals surface area (Å²) in [5, 5.41) is 18.9. The summed E-state index contributed by atoms with van der Waals surface area (Å²) in [7, 11) is 1.58. The minimum atomic E-state index is -0.870. The van der Waals surface area contributed by atoms with Crippen molar-refractivity contribution in [3.8, 4) is 5.75 Å². The van der Waals surface area contributed by atoms with Crippen LogP contribution in [0.3, 0.4) is 0 Å². The quantitative estimate of drug-likeness (QED) is 0.139. The summed E-state index contributed by atoms with van der Waals surface area (Å²) >= 11 is 0. The highest BCUT2D eigenvalue weighted by Crippen LogP contribution is 2.24. The number of carbonyl (C=O) groups is 2. The van der Waals surface area contributed by atoms with E-state index in [0.29, 0.717) is 32.3 Å². The molecule has 37 heavy (non-hydrogen) atoms. The second kappa shape index (κ2) is 17.5. The number of aromatic nitrogens is 1. The lowest BCUT2D eigenvalue weighted by molar-refractivity contribution is -0.757. The van der Waals surface area contributed by atoms with E-state index in [-0.39, 0.29) is 44.1 Å². The molecule has 0 saturated heterocycles. The Morgan fingerprint density at radius 2 is 1.78 bits per heavy atom. The summed E-state index contributed by atoms with van der Waals surface area (Å²) in [5.74, 6) is 0.650. The zero-order valence-corrected chi connectivity index (χ0v) is 21.2. The lowest BCUT2D eigenvalue weighted by Gasteiger charge is -2.30. The molecule has 0 radical (unpaired) electrons. The molecule has 14 heteroatoms. The second-order valence-electron chi connectivity index (χ2n) is 8.03. The highest BCUT2D eigenvalue weighted by molar-refractivity contribution is 5.85. The molecule has 2 rings (SSSR count). The minimum Gasteiger partial charge on any atom is -0.490 e. The van der Waals surface area contributed by atoms with Crippen molar-refractivity contribution in [2.24, 2.45) is 0 Å². The van der Waals surface area contributed by atoms with Crippen molar-refractivity contribution in [3.63, 3.8) is 0 Å². The maximum Gasteiger partial charge on any atom is 0.294 e. The number of H-pyrrole nitrogens is 1. The number of hydrogen-bond donors (Lipinski definition) is 1. The van der Waals surface area contributed by atoms with Gasteiger partial charge in [0.15, 0.2) is 0 Å². The molecular formula is C23H34N4O10. The number of methoxy groups -OCH3 is 1. The number of rotatable bonds is 17. The minimum absolute atomic E-state index is 0.00569. The normalized spacial score (nSPS) is 11.2. The Kier molecular flexibility index (Phi) is 14.7. The number of unbranched alkanes of at least 4 members (excludes halogenated alkanes) is 1. The molecule has 0 saturated carbocycles. The molecule has 0 aliphatic carbocycles. The zero-order chi connectivity index (χ0) is 27.6. The van der Waals surface area contributed by atoms with Gasteiger partial charge >= 0.3 is 0 Å². The average molecular weight is 527 g/mol. The first-order valence-electron chi connectivity index (χ1n) is 11.7. The van der Waals surface area contributed by atoms with Gasteiger partial charge in [0.05, 0.1) is 19.8 Å². The van der Waals surface area contributed by atoms with Gasteiger partial charge < -0.3 is 33.8 Å². The van der Waals surface area contributed by atoms with Crippen molar-refractivity contribution in [3.05, 3.63) is 50.7 Å². The zero-order valence-electron chi connectivity index (χ0n) is 21.2. The van der Waals surface area contributed by atoms with Gasteiger partial charge in [0.2, 0.25) is 5.91 Å². The Morgan fingerprint density at radius 3 is 2.38 bits per heavy atom. The van der Waals surface area contributed by atoms with Gasteiger partial charge in [-0.15, -0.1) is 20.2 Å². The van der Waals surface area contributed by atoms with E-state index in [9.17, 15) is 29.8 Å². The third-order valence-electron chi connectivity index (χ3n) is 5.05. The molecule has 1 unspecified atom stereocenters. The number of ether oxygens (including phenoxy) is 2. The fraction of sp³-hybridized carbons (Fsp3) is 0.565. The maximum atomic E-state index is 12.5. The van der Waals surface area contributed by atoms with E-state index in [2.05, 4.69) is 14.7 Å². The fourth-order valence-corrected chi connectivity index (χ4v) is 3.19. The van der Waals surface area contributed by atoms with E-state index in [1.165, 1.54) is 0 Å². The lowest BCUT2D eigenvalue weighted by atomic mass is 10.2. The monoisotopic (exact) mass is 526 g/mol. The largest absolute Gasteiger partial charge is 0.490 e.